The number of aromatic nitrogens is 2. The molecule has 0 fully saturated rings. The van der Waals surface area contributed by atoms with Crippen LogP contribution in [0.15, 0.2) is 0 Å². The first-order valence-corrected chi connectivity index (χ1v) is 3.60. The van der Waals surface area contributed by atoms with Gasteiger partial charge in [-0.2, -0.15) is 5.10 Å². The highest BCUT2D eigenvalue weighted by Crippen LogP contribution is 2.12. The molecule has 0 aliphatic heterocycles. The number of nitrogens with two attached hydrogens (primary N) is 1. The van der Waals surface area contributed by atoms with E-state index in [1.165, 1.54) is 0 Å². The van der Waals surface area contributed by atoms with Crippen molar-refractivity contribution in [2.75, 3.05) is 12.3 Å². The molecule has 5 nitrogen and oxygen atoms in total. The molecular weight excluding hydrogens is 158 g/mol. The van der Waals surface area contributed by atoms with Crippen molar-refractivity contribution in [2.45, 2.75) is 13.3 Å². The van der Waals surface area contributed by atoms with Crippen LogP contribution in [0.4, 0.5) is 5.82 Å². The molecule has 0 saturated carbocycles. The number of H-pyrrole nitrogens is 1. The number of anilines is 1. The van der Waals surface area contributed by atoms with Crippen molar-refractivity contribution in [1.29, 1.82) is 0 Å². The maximum Gasteiger partial charge on any atom is 0.293 e. The van der Waals surface area contributed by atoms with E-state index in [2.05, 4.69) is 14.9 Å². The molecule has 0 amide bonds. The second kappa shape index (κ2) is 3.75. The highest BCUT2D eigenvalue weighted by Gasteiger charge is 2.05. The van der Waals surface area contributed by atoms with E-state index < -0.39 is 0 Å². The van der Waals surface area contributed by atoms with Crippen LogP contribution in [0.1, 0.15) is 11.3 Å². The lowest BCUT2D eigenvalue weighted by molar-refractivity contribution is -0.128. The second-order valence-corrected chi connectivity index (χ2v) is 2.43. The summed E-state index contributed by atoms with van der Waals surface area (Å²) in [6, 6.07) is 0. The summed E-state index contributed by atoms with van der Waals surface area (Å²) in [4.78, 5) is 9.83. The minimum atomic E-state index is 0.341. The monoisotopic (exact) mass is 169 g/mol. The van der Waals surface area contributed by atoms with Crippen molar-refractivity contribution in [2.24, 2.45) is 0 Å². The Morgan fingerprint density at radius 2 is 2.50 bits per heavy atom. The number of hydrogen-bond donors (Lipinski definition) is 2. The fourth-order valence-electron chi connectivity index (χ4n) is 0.996. The molecule has 0 aromatic carbocycles. The molecule has 0 radical (unpaired) electrons. The van der Waals surface area contributed by atoms with Gasteiger partial charge in [-0.3, -0.25) is 9.89 Å². The maximum atomic E-state index is 9.83. The molecule has 0 atom stereocenters. The van der Waals surface area contributed by atoms with Gasteiger partial charge in [0.25, 0.3) is 6.47 Å². The van der Waals surface area contributed by atoms with E-state index in [0.717, 1.165) is 11.3 Å². The number of carbonyl (C=O) groups excluding carboxylic acids is 1. The quantitative estimate of drug-likeness (QED) is 0.491. The molecule has 0 spiro atoms. The first kappa shape index (κ1) is 8.58. The third-order valence-corrected chi connectivity index (χ3v) is 1.64. The minimum absolute atomic E-state index is 0.341. The van der Waals surface area contributed by atoms with E-state index in [9.17, 15) is 4.79 Å². The number of nitrogens with one attached hydrogen (secondary N) is 1. The van der Waals surface area contributed by atoms with Gasteiger partial charge in [-0.1, -0.05) is 0 Å². The fraction of sp³-hybridized carbons (Fsp3) is 0.429. The average molecular weight is 169 g/mol. The van der Waals surface area contributed by atoms with Crippen LogP contribution in [0.5, 0.6) is 0 Å². The van der Waals surface area contributed by atoms with Crippen LogP contribution in [0.25, 0.3) is 0 Å². The second-order valence-electron chi connectivity index (χ2n) is 2.43. The largest absolute Gasteiger partial charge is 0.468 e. The van der Waals surface area contributed by atoms with Crippen LogP contribution in [0, 0.1) is 6.92 Å². The van der Waals surface area contributed by atoms with E-state index in [-0.39, 0.29) is 0 Å². The topological polar surface area (TPSA) is 81.0 Å². The average Bonchev–Trinajstić information content (AvgIpc) is 2.35. The Morgan fingerprint density at radius 3 is 3.00 bits per heavy atom. The summed E-state index contributed by atoms with van der Waals surface area (Å²) in [5.74, 6) is 0.474. The number of aryl methyl sites for hydroxylation is 1. The molecule has 0 aliphatic carbocycles. The highest BCUT2D eigenvalue weighted by molar-refractivity contribution is 5.42. The Kier molecular flexibility index (Phi) is 2.68. The summed E-state index contributed by atoms with van der Waals surface area (Å²) in [6.45, 7) is 2.64. The van der Waals surface area contributed by atoms with Crippen LogP contribution in [0.2, 0.25) is 0 Å². The Bertz CT molecular complexity index is 250. The van der Waals surface area contributed by atoms with Crippen LogP contribution in [-0.2, 0) is 16.0 Å². The van der Waals surface area contributed by atoms with Gasteiger partial charge in [-0.25, -0.2) is 0 Å². The molecule has 1 rings (SSSR count). The van der Waals surface area contributed by atoms with Gasteiger partial charge >= 0.3 is 0 Å². The van der Waals surface area contributed by atoms with E-state index in [4.69, 9.17) is 5.73 Å². The zero-order valence-corrected chi connectivity index (χ0v) is 6.83. The number of ether oxygens (including phenoxy) is 1. The number of rotatable bonds is 4. The Morgan fingerprint density at radius 1 is 1.75 bits per heavy atom. The van der Waals surface area contributed by atoms with Gasteiger partial charge in [0.05, 0.1) is 6.61 Å². The molecule has 0 saturated heterocycles. The van der Waals surface area contributed by atoms with Gasteiger partial charge in [-0.05, 0) is 6.92 Å². The van der Waals surface area contributed by atoms with E-state index in [0.29, 0.717) is 25.3 Å². The van der Waals surface area contributed by atoms with Crippen LogP contribution in [0.3, 0.4) is 0 Å². The van der Waals surface area contributed by atoms with E-state index >= 15 is 0 Å². The predicted molar refractivity (Wildman–Crippen MR) is 43.5 cm³/mol. The summed E-state index contributed by atoms with van der Waals surface area (Å²) in [5, 5.41) is 6.55. The van der Waals surface area contributed by atoms with Gasteiger partial charge in [0.1, 0.15) is 5.82 Å². The van der Waals surface area contributed by atoms with Crippen molar-refractivity contribution >= 4 is 12.3 Å². The van der Waals surface area contributed by atoms with Crippen molar-refractivity contribution in [3.8, 4) is 0 Å². The standard InChI is InChI=1S/C7H11N3O2/c1-5-6(2-3-12-4-11)7(8)10-9-5/h4H,2-3H2,1H3,(H3,8,9,10). The summed E-state index contributed by atoms with van der Waals surface area (Å²) in [7, 11) is 0. The van der Waals surface area contributed by atoms with Gasteiger partial charge in [0, 0.05) is 17.7 Å². The molecule has 0 bridgehead atoms. The SMILES string of the molecule is Cc1[nH]nc(N)c1CCOC=O. The third kappa shape index (κ3) is 1.75. The molecule has 1 aromatic heterocycles. The summed E-state index contributed by atoms with van der Waals surface area (Å²) in [5.41, 5.74) is 7.37. The minimum Gasteiger partial charge on any atom is -0.468 e. The first-order chi connectivity index (χ1) is 5.75. The lowest BCUT2D eigenvalue weighted by Gasteiger charge is -1.98. The Labute approximate surface area is 69.9 Å². The fourth-order valence-corrected chi connectivity index (χ4v) is 0.996. The van der Waals surface area contributed by atoms with Gasteiger partial charge < -0.3 is 10.5 Å². The van der Waals surface area contributed by atoms with E-state index in [1.54, 1.807) is 0 Å². The number of aromatic amines is 1. The van der Waals surface area contributed by atoms with Crippen LogP contribution >= 0.6 is 0 Å². The predicted octanol–water partition coefficient (Wildman–Crippen LogP) is 0.0158. The molecule has 5 heteroatoms. The van der Waals surface area contributed by atoms with Crippen molar-refractivity contribution in [3.63, 3.8) is 0 Å². The molecule has 0 unspecified atom stereocenters. The first-order valence-electron chi connectivity index (χ1n) is 3.60. The molecule has 3 N–H and O–H groups in total. The smallest absolute Gasteiger partial charge is 0.293 e. The zero-order chi connectivity index (χ0) is 8.97. The number of hydrogen-bond acceptors (Lipinski definition) is 4. The molecule has 1 aromatic rings. The lowest BCUT2D eigenvalue weighted by atomic mass is 10.2. The summed E-state index contributed by atoms with van der Waals surface area (Å²) < 4.78 is 4.54. The lowest BCUT2D eigenvalue weighted by Crippen LogP contribution is -2.00. The van der Waals surface area contributed by atoms with Gasteiger partial charge in [0.2, 0.25) is 0 Å². The summed E-state index contributed by atoms with van der Waals surface area (Å²) in [6.07, 6.45) is 0.604. The summed E-state index contributed by atoms with van der Waals surface area (Å²) >= 11 is 0. The van der Waals surface area contributed by atoms with Crippen molar-refractivity contribution < 1.29 is 9.53 Å². The normalized spacial score (nSPS) is 9.75. The molecular formula is C7H11N3O2. The maximum absolute atomic E-state index is 9.83. The third-order valence-electron chi connectivity index (χ3n) is 1.64. The van der Waals surface area contributed by atoms with Gasteiger partial charge in [0.15, 0.2) is 0 Å². The number of nitrogens with zero attached hydrogens (tertiary/aromatic N) is 1. The highest BCUT2D eigenvalue weighted by atomic mass is 16.5. The Balaban J connectivity index is 2.55. The van der Waals surface area contributed by atoms with Crippen LogP contribution in [-0.4, -0.2) is 23.3 Å². The Hall–Kier alpha value is -1.52. The molecule has 12 heavy (non-hydrogen) atoms. The molecule has 66 valence electrons. The van der Waals surface area contributed by atoms with Gasteiger partial charge in [-0.15, -0.1) is 0 Å². The zero-order valence-electron chi connectivity index (χ0n) is 6.83. The molecule has 1 heterocycles. The number of carbonyl (C=O) groups is 1. The van der Waals surface area contributed by atoms with E-state index in [1.807, 2.05) is 6.92 Å². The molecule has 0 aliphatic rings. The van der Waals surface area contributed by atoms with Crippen molar-refractivity contribution in [3.05, 3.63) is 11.3 Å². The number of nitrogen functional groups attached to an aromatic ring is 1. The van der Waals surface area contributed by atoms with Crippen LogP contribution < -0.4 is 5.73 Å². The van der Waals surface area contributed by atoms with Crippen molar-refractivity contribution in [1.82, 2.24) is 10.2 Å².